The van der Waals surface area contributed by atoms with E-state index in [0.29, 0.717) is 11.1 Å². The van der Waals surface area contributed by atoms with Gasteiger partial charge in [-0.25, -0.2) is 0 Å². The summed E-state index contributed by atoms with van der Waals surface area (Å²) in [5.74, 6) is -1.70. The molecule has 8 heteroatoms. The molecule has 1 aromatic carbocycles. The van der Waals surface area contributed by atoms with Crippen molar-refractivity contribution >= 4 is 23.6 Å². The number of hydrogen-bond acceptors (Lipinski definition) is 4. The molecule has 1 rings (SSSR count). The number of amides is 4. The molecule has 0 aliphatic heterocycles. The van der Waals surface area contributed by atoms with E-state index in [-0.39, 0.29) is 18.4 Å². The maximum Gasteiger partial charge on any atom is 0.253 e. The third kappa shape index (κ3) is 29.9. The Kier molecular flexibility index (Phi) is 34.9. The van der Waals surface area contributed by atoms with Gasteiger partial charge in [0, 0.05) is 24.2 Å². The second-order valence-corrected chi connectivity index (χ2v) is 17.9. The van der Waals surface area contributed by atoms with Crippen molar-refractivity contribution in [2.45, 2.75) is 239 Å². The number of nitrogens with one attached hydrogen (secondary N) is 2. The van der Waals surface area contributed by atoms with Crippen LogP contribution < -0.4 is 16.4 Å². The topological polar surface area (TPSA) is 122 Å². The number of carbonyl (C=O) groups excluding carboxylic acids is 4. The first-order valence-corrected chi connectivity index (χ1v) is 25.0. The van der Waals surface area contributed by atoms with E-state index in [2.05, 4.69) is 24.5 Å². The van der Waals surface area contributed by atoms with Crippen molar-refractivity contribution in [1.82, 2.24) is 15.5 Å². The summed E-state index contributed by atoms with van der Waals surface area (Å²) >= 11 is 0. The Morgan fingerprint density at radius 1 is 0.492 bits per heavy atom. The number of unbranched alkanes of at least 4 members (excludes halogenated alkanes) is 30. The minimum atomic E-state index is -0.821. The van der Waals surface area contributed by atoms with Gasteiger partial charge in [-0.15, -0.1) is 0 Å². The van der Waals surface area contributed by atoms with Crippen LogP contribution in [0.3, 0.4) is 0 Å². The lowest BCUT2D eigenvalue weighted by atomic mass is 10.0. The summed E-state index contributed by atoms with van der Waals surface area (Å²) in [5.41, 5.74) is 6.12. The molecule has 0 heterocycles. The third-order valence-corrected chi connectivity index (χ3v) is 11.9. The molecular formula is C51H92N4O4. The third-order valence-electron chi connectivity index (χ3n) is 11.9. The fraction of sp³-hybridized carbons (Fsp3) is 0.804. The predicted octanol–water partition coefficient (Wildman–Crippen LogP) is 13.0. The van der Waals surface area contributed by atoms with Crippen molar-refractivity contribution in [3.63, 3.8) is 0 Å². The second kappa shape index (κ2) is 38.1. The Hall–Kier alpha value is -2.90. The Balaban J connectivity index is 2.53. The molecule has 0 saturated heterocycles. The van der Waals surface area contributed by atoms with Crippen molar-refractivity contribution in [2.24, 2.45) is 11.7 Å². The van der Waals surface area contributed by atoms with Crippen LogP contribution in [0.4, 0.5) is 0 Å². The zero-order valence-corrected chi connectivity index (χ0v) is 38.9. The van der Waals surface area contributed by atoms with Gasteiger partial charge in [-0.2, -0.15) is 0 Å². The Morgan fingerprint density at radius 2 is 0.797 bits per heavy atom. The molecule has 1 atom stereocenters. The standard InChI is InChI=1S/C51H92N4O4/c1-5-7-9-11-13-15-17-19-21-23-25-27-29-31-33-35-41-55(42-36-34-32-30-28-26-24-22-20-18-16-14-12-10-8-6-2)51(59)46-39-37-45(38-40-46)49(57)54-48(44(3)4)50(58)53-43-47(52)56/h37-40,44,48H,5-36,41-43H2,1-4H3,(H2,52,56)(H,53,58)(H,54,57)/t48-/m0/s1. The van der Waals surface area contributed by atoms with Gasteiger partial charge >= 0.3 is 0 Å². The lowest BCUT2D eigenvalue weighted by Crippen LogP contribution is -2.51. The highest BCUT2D eigenvalue weighted by molar-refractivity contribution is 6.00. The number of carbonyl (C=O) groups is 4. The molecule has 8 nitrogen and oxygen atoms in total. The molecule has 0 spiro atoms. The van der Waals surface area contributed by atoms with Gasteiger partial charge in [-0.05, 0) is 43.0 Å². The quantitative estimate of drug-likeness (QED) is 0.0569. The summed E-state index contributed by atoms with van der Waals surface area (Å²) in [6, 6.07) is 5.94. The SMILES string of the molecule is CCCCCCCCCCCCCCCCCCN(CCCCCCCCCCCCCCCCCC)C(=O)c1ccc(C(=O)N[C@H](C(=O)NCC(N)=O)C(C)C)cc1. The molecular weight excluding hydrogens is 733 g/mol. The number of nitrogens with zero attached hydrogens (tertiary/aromatic N) is 1. The molecule has 4 N–H and O–H groups in total. The lowest BCUT2D eigenvalue weighted by Gasteiger charge is -2.23. The summed E-state index contributed by atoms with van der Waals surface area (Å²) in [7, 11) is 0. The molecule has 0 fully saturated rings. The van der Waals surface area contributed by atoms with Crippen molar-refractivity contribution in [3.05, 3.63) is 35.4 Å². The van der Waals surface area contributed by atoms with Crippen LogP contribution in [0.15, 0.2) is 24.3 Å². The Bertz CT molecular complexity index is 1150. The van der Waals surface area contributed by atoms with E-state index in [0.717, 1.165) is 38.8 Å². The van der Waals surface area contributed by atoms with Gasteiger partial charge in [0.05, 0.1) is 6.54 Å². The van der Waals surface area contributed by atoms with Gasteiger partial charge in [0.1, 0.15) is 6.04 Å². The van der Waals surface area contributed by atoms with Crippen LogP contribution in [0, 0.1) is 5.92 Å². The average molecular weight is 825 g/mol. The Labute approximate surface area is 363 Å². The number of primary amides is 1. The predicted molar refractivity (Wildman–Crippen MR) is 250 cm³/mol. The number of hydrogen-bond donors (Lipinski definition) is 3. The van der Waals surface area contributed by atoms with Crippen molar-refractivity contribution in [3.8, 4) is 0 Å². The summed E-state index contributed by atoms with van der Waals surface area (Å²) in [4.78, 5) is 52.7. The van der Waals surface area contributed by atoms with Crippen LogP contribution in [-0.4, -0.2) is 54.2 Å². The zero-order valence-electron chi connectivity index (χ0n) is 38.9. The van der Waals surface area contributed by atoms with E-state index in [1.807, 2.05) is 18.7 Å². The number of nitrogens with two attached hydrogens (primary N) is 1. The van der Waals surface area contributed by atoms with Gasteiger partial charge in [0.2, 0.25) is 11.8 Å². The van der Waals surface area contributed by atoms with Gasteiger partial charge in [-0.1, -0.05) is 220 Å². The van der Waals surface area contributed by atoms with Crippen LogP contribution in [0.2, 0.25) is 0 Å². The molecule has 0 aliphatic rings. The fourth-order valence-electron chi connectivity index (χ4n) is 8.01. The Morgan fingerprint density at radius 3 is 1.10 bits per heavy atom. The van der Waals surface area contributed by atoms with E-state index in [1.165, 1.54) is 180 Å². The smallest absolute Gasteiger partial charge is 0.253 e. The minimum Gasteiger partial charge on any atom is -0.368 e. The van der Waals surface area contributed by atoms with Gasteiger partial charge < -0.3 is 21.3 Å². The zero-order chi connectivity index (χ0) is 43.2. The average Bonchev–Trinajstić information content (AvgIpc) is 3.23. The second-order valence-electron chi connectivity index (χ2n) is 17.9. The molecule has 0 unspecified atom stereocenters. The summed E-state index contributed by atoms with van der Waals surface area (Å²) < 4.78 is 0. The molecule has 0 radical (unpaired) electrons. The van der Waals surface area contributed by atoms with Crippen LogP contribution >= 0.6 is 0 Å². The molecule has 0 aliphatic carbocycles. The fourth-order valence-corrected chi connectivity index (χ4v) is 8.01. The molecule has 4 amide bonds. The van der Waals surface area contributed by atoms with E-state index < -0.39 is 23.8 Å². The molecule has 1 aromatic rings. The molecule has 0 aromatic heterocycles. The van der Waals surface area contributed by atoms with Crippen molar-refractivity contribution < 1.29 is 19.2 Å². The van der Waals surface area contributed by atoms with E-state index in [1.54, 1.807) is 24.3 Å². The van der Waals surface area contributed by atoms with E-state index in [9.17, 15) is 19.2 Å². The molecule has 59 heavy (non-hydrogen) atoms. The van der Waals surface area contributed by atoms with Gasteiger partial charge in [0.25, 0.3) is 11.8 Å². The first kappa shape index (κ1) is 54.1. The molecule has 0 saturated carbocycles. The summed E-state index contributed by atoms with van der Waals surface area (Å²) in [5, 5.41) is 5.25. The van der Waals surface area contributed by atoms with Gasteiger partial charge in [-0.3, -0.25) is 19.2 Å². The normalized spacial score (nSPS) is 11.8. The summed E-state index contributed by atoms with van der Waals surface area (Å²) in [6.07, 6.45) is 42.4. The first-order chi connectivity index (χ1) is 28.7. The van der Waals surface area contributed by atoms with Crippen molar-refractivity contribution in [2.75, 3.05) is 19.6 Å². The van der Waals surface area contributed by atoms with Crippen LogP contribution in [0.25, 0.3) is 0 Å². The van der Waals surface area contributed by atoms with Crippen molar-refractivity contribution in [1.29, 1.82) is 0 Å². The summed E-state index contributed by atoms with van der Waals surface area (Å²) in [6.45, 7) is 9.44. The van der Waals surface area contributed by atoms with Crippen LogP contribution in [0.1, 0.15) is 254 Å². The van der Waals surface area contributed by atoms with Crippen LogP contribution in [0.5, 0.6) is 0 Å². The lowest BCUT2D eigenvalue weighted by molar-refractivity contribution is -0.126. The van der Waals surface area contributed by atoms with Gasteiger partial charge in [0.15, 0.2) is 0 Å². The largest absolute Gasteiger partial charge is 0.368 e. The maximum atomic E-state index is 13.8. The highest BCUT2D eigenvalue weighted by Crippen LogP contribution is 2.17. The highest BCUT2D eigenvalue weighted by atomic mass is 16.2. The number of benzene rings is 1. The van der Waals surface area contributed by atoms with E-state index in [4.69, 9.17) is 5.73 Å². The monoisotopic (exact) mass is 825 g/mol. The van der Waals surface area contributed by atoms with Crippen LogP contribution in [-0.2, 0) is 9.59 Å². The minimum absolute atomic E-state index is 0.0183. The molecule has 340 valence electrons. The van der Waals surface area contributed by atoms with E-state index >= 15 is 0 Å². The number of rotatable bonds is 41. The molecule has 0 bridgehead atoms. The highest BCUT2D eigenvalue weighted by Gasteiger charge is 2.25. The first-order valence-electron chi connectivity index (χ1n) is 25.0. The maximum absolute atomic E-state index is 13.8.